The Kier molecular flexibility index (Phi) is 5.55. The second-order valence-electron chi connectivity index (χ2n) is 7.69. The number of anilines is 1. The third kappa shape index (κ3) is 4.01. The third-order valence-corrected chi connectivity index (χ3v) is 5.53. The Hall–Kier alpha value is -4.45. The number of nitrogens with zero attached hydrogens (tertiary/aromatic N) is 1. The van der Waals surface area contributed by atoms with Gasteiger partial charge in [-0.1, -0.05) is 72.8 Å². The highest BCUT2D eigenvalue weighted by molar-refractivity contribution is 6.13. The maximum atomic E-state index is 14.1. The molecule has 0 aliphatic carbocycles. The van der Waals surface area contributed by atoms with Gasteiger partial charge in [-0.25, -0.2) is 18.2 Å². The lowest BCUT2D eigenvalue weighted by Crippen LogP contribution is -2.15. The van der Waals surface area contributed by atoms with Crippen molar-refractivity contribution in [3.05, 3.63) is 120 Å². The average molecular weight is 454 g/mol. The molecule has 1 heterocycles. The van der Waals surface area contributed by atoms with E-state index in [0.717, 1.165) is 28.8 Å². The summed E-state index contributed by atoms with van der Waals surface area (Å²) in [6.45, 7) is 0. The number of rotatable bonds is 4. The van der Waals surface area contributed by atoms with Crippen molar-refractivity contribution in [1.29, 1.82) is 0 Å². The zero-order chi connectivity index (χ0) is 23.7. The molecule has 1 N–H and O–H groups in total. The Morgan fingerprint density at radius 1 is 0.676 bits per heavy atom. The Balaban J connectivity index is 1.54. The fourth-order valence-electron chi connectivity index (χ4n) is 3.79. The summed E-state index contributed by atoms with van der Waals surface area (Å²) in [7, 11) is 0. The Labute approximate surface area is 193 Å². The van der Waals surface area contributed by atoms with Crippen molar-refractivity contribution in [2.24, 2.45) is 0 Å². The van der Waals surface area contributed by atoms with Gasteiger partial charge in [-0.15, -0.1) is 0 Å². The van der Waals surface area contributed by atoms with E-state index in [-0.39, 0.29) is 5.56 Å². The monoisotopic (exact) mass is 454 g/mol. The number of nitrogens with one attached hydrogen (secondary N) is 1. The third-order valence-electron chi connectivity index (χ3n) is 5.53. The second-order valence-corrected chi connectivity index (χ2v) is 7.69. The molecule has 0 aliphatic rings. The first kappa shape index (κ1) is 21.4. The molecule has 4 aromatic carbocycles. The largest absolute Gasteiger partial charge is 0.319 e. The van der Waals surface area contributed by atoms with Crippen LogP contribution in [0.15, 0.2) is 97.1 Å². The number of benzene rings is 4. The molecule has 0 spiro atoms. The zero-order valence-electron chi connectivity index (χ0n) is 17.7. The van der Waals surface area contributed by atoms with Crippen LogP contribution in [-0.2, 0) is 0 Å². The number of hydrogen-bond acceptors (Lipinski definition) is 2. The molecule has 0 bridgehead atoms. The van der Waals surface area contributed by atoms with Crippen LogP contribution < -0.4 is 5.32 Å². The first-order valence-corrected chi connectivity index (χ1v) is 10.5. The summed E-state index contributed by atoms with van der Waals surface area (Å²) in [4.78, 5) is 17.8. The minimum atomic E-state index is -1.64. The fourth-order valence-corrected chi connectivity index (χ4v) is 3.79. The predicted molar refractivity (Wildman–Crippen MR) is 127 cm³/mol. The van der Waals surface area contributed by atoms with Gasteiger partial charge in [-0.2, -0.15) is 0 Å². The minimum Gasteiger partial charge on any atom is -0.319 e. The molecule has 0 fully saturated rings. The van der Waals surface area contributed by atoms with Crippen LogP contribution in [0.5, 0.6) is 0 Å². The molecule has 0 saturated carbocycles. The normalized spacial score (nSPS) is 10.9. The van der Waals surface area contributed by atoms with E-state index < -0.39 is 29.0 Å². The zero-order valence-corrected chi connectivity index (χ0v) is 17.7. The summed E-state index contributed by atoms with van der Waals surface area (Å²) in [5, 5.41) is 2.90. The molecule has 1 amide bonds. The van der Waals surface area contributed by atoms with Gasteiger partial charge in [0, 0.05) is 10.9 Å². The molecule has 1 aromatic heterocycles. The first-order chi connectivity index (χ1) is 16.5. The standard InChI is InChI=1S/C28H17F3N2O/c29-22-14-15-24(27(31)26(22)30)33-28(34)21-16-25(32-23-9-5-4-8-20(21)23)19-12-10-18(11-13-19)17-6-2-1-3-7-17/h1-16H,(H,33,34). The molecule has 0 unspecified atom stereocenters. The van der Waals surface area contributed by atoms with E-state index in [0.29, 0.717) is 16.6 Å². The number of para-hydroxylation sites is 1. The van der Waals surface area contributed by atoms with Crippen LogP contribution in [-0.4, -0.2) is 10.9 Å². The minimum absolute atomic E-state index is 0.233. The lowest BCUT2D eigenvalue weighted by Gasteiger charge is -2.12. The van der Waals surface area contributed by atoms with Crippen LogP contribution in [0.4, 0.5) is 18.9 Å². The lowest BCUT2D eigenvalue weighted by molar-refractivity contribution is 0.102. The number of hydrogen-bond donors (Lipinski definition) is 1. The van der Waals surface area contributed by atoms with Crippen LogP contribution in [0.2, 0.25) is 0 Å². The molecule has 0 saturated heterocycles. The van der Waals surface area contributed by atoms with Crippen LogP contribution in [0.1, 0.15) is 10.4 Å². The van der Waals surface area contributed by atoms with Gasteiger partial charge in [0.15, 0.2) is 17.5 Å². The van der Waals surface area contributed by atoms with E-state index in [9.17, 15) is 18.0 Å². The maximum absolute atomic E-state index is 14.1. The predicted octanol–water partition coefficient (Wildman–Crippen LogP) is 7.24. The summed E-state index contributed by atoms with van der Waals surface area (Å²) < 4.78 is 41.0. The Morgan fingerprint density at radius 2 is 1.32 bits per heavy atom. The van der Waals surface area contributed by atoms with Crippen molar-refractivity contribution in [2.75, 3.05) is 5.32 Å². The van der Waals surface area contributed by atoms with E-state index in [1.54, 1.807) is 30.3 Å². The highest BCUT2D eigenvalue weighted by atomic mass is 19.2. The van der Waals surface area contributed by atoms with Gasteiger partial charge in [0.25, 0.3) is 5.91 Å². The number of aromatic nitrogens is 1. The van der Waals surface area contributed by atoms with Gasteiger partial charge in [-0.3, -0.25) is 4.79 Å². The fraction of sp³-hybridized carbons (Fsp3) is 0. The second kappa shape index (κ2) is 8.83. The summed E-state index contributed by atoms with van der Waals surface area (Å²) in [5.74, 6) is -5.09. The van der Waals surface area contributed by atoms with Crippen molar-refractivity contribution >= 4 is 22.5 Å². The number of carbonyl (C=O) groups is 1. The molecule has 5 rings (SSSR count). The Bertz CT molecular complexity index is 1520. The molecule has 0 atom stereocenters. The number of fused-ring (bicyclic) bond motifs is 1. The number of pyridine rings is 1. The molecule has 166 valence electrons. The molecule has 0 aliphatic heterocycles. The van der Waals surface area contributed by atoms with Crippen LogP contribution in [0.3, 0.4) is 0 Å². The topological polar surface area (TPSA) is 42.0 Å². The maximum Gasteiger partial charge on any atom is 0.256 e. The van der Waals surface area contributed by atoms with E-state index in [1.165, 1.54) is 0 Å². The number of amides is 1. The van der Waals surface area contributed by atoms with Crippen molar-refractivity contribution < 1.29 is 18.0 Å². The van der Waals surface area contributed by atoms with Crippen LogP contribution in [0.25, 0.3) is 33.3 Å². The van der Waals surface area contributed by atoms with Gasteiger partial charge < -0.3 is 5.32 Å². The van der Waals surface area contributed by atoms with Gasteiger partial charge in [0.1, 0.15) is 0 Å². The summed E-state index contributed by atoms with van der Waals surface area (Å²) in [5.41, 5.74) is 3.82. The van der Waals surface area contributed by atoms with E-state index >= 15 is 0 Å². The molecule has 34 heavy (non-hydrogen) atoms. The molecule has 6 heteroatoms. The van der Waals surface area contributed by atoms with Crippen molar-refractivity contribution in [2.45, 2.75) is 0 Å². The molecule has 3 nitrogen and oxygen atoms in total. The Morgan fingerprint density at radius 3 is 2.09 bits per heavy atom. The highest BCUT2D eigenvalue weighted by Crippen LogP contribution is 2.28. The van der Waals surface area contributed by atoms with Crippen LogP contribution >= 0.6 is 0 Å². The molecular weight excluding hydrogens is 437 g/mol. The van der Waals surface area contributed by atoms with Gasteiger partial charge in [0.05, 0.1) is 22.5 Å². The highest BCUT2D eigenvalue weighted by Gasteiger charge is 2.19. The van der Waals surface area contributed by atoms with E-state index in [1.807, 2.05) is 54.6 Å². The van der Waals surface area contributed by atoms with E-state index in [4.69, 9.17) is 0 Å². The lowest BCUT2D eigenvalue weighted by atomic mass is 10.0. The summed E-state index contributed by atoms with van der Waals surface area (Å²) >= 11 is 0. The smallest absolute Gasteiger partial charge is 0.256 e. The van der Waals surface area contributed by atoms with Crippen molar-refractivity contribution in [3.8, 4) is 22.4 Å². The van der Waals surface area contributed by atoms with Gasteiger partial charge >= 0.3 is 0 Å². The quantitative estimate of drug-likeness (QED) is 0.291. The molecule has 5 aromatic rings. The van der Waals surface area contributed by atoms with Crippen molar-refractivity contribution in [3.63, 3.8) is 0 Å². The first-order valence-electron chi connectivity index (χ1n) is 10.5. The average Bonchev–Trinajstić information content (AvgIpc) is 2.89. The van der Waals surface area contributed by atoms with Crippen molar-refractivity contribution in [1.82, 2.24) is 4.98 Å². The summed E-state index contributed by atoms with van der Waals surface area (Å²) in [6, 6.07) is 28.1. The van der Waals surface area contributed by atoms with Gasteiger partial charge in [0.2, 0.25) is 0 Å². The number of halogens is 3. The molecular formula is C28H17F3N2O. The summed E-state index contributed by atoms with van der Waals surface area (Å²) in [6.07, 6.45) is 0. The van der Waals surface area contributed by atoms with Gasteiger partial charge in [-0.05, 0) is 35.4 Å². The van der Waals surface area contributed by atoms with E-state index in [2.05, 4.69) is 10.3 Å². The number of carbonyl (C=O) groups excluding carboxylic acids is 1. The SMILES string of the molecule is O=C(Nc1ccc(F)c(F)c1F)c1cc(-c2ccc(-c3ccccc3)cc2)nc2ccccc12. The molecule has 0 radical (unpaired) electrons. The van der Waals surface area contributed by atoms with Crippen LogP contribution in [0, 0.1) is 17.5 Å².